The van der Waals surface area contributed by atoms with Gasteiger partial charge in [0, 0.05) is 11.4 Å². The van der Waals surface area contributed by atoms with Crippen LogP contribution in [0.15, 0.2) is 67.0 Å². The second-order valence-corrected chi connectivity index (χ2v) is 6.57. The van der Waals surface area contributed by atoms with Crippen molar-refractivity contribution in [1.82, 2.24) is 9.97 Å². The SMILES string of the molecule is Nc1ncnc2c(C(=O)Nc3ccccc3)c(Nc3ccccc3)sc12. The number of nitrogens with two attached hydrogens (primary N) is 1. The van der Waals surface area contributed by atoms with Crippen LogP contribution in [0.2, 0.25) is 0 Å². The van der Waals surface area contributed by atoms with E-state index < -0.39 is 0 Å². The number of carbonyl (C=O) groups excluding carboxylic acids is 1. The second-order valence-electron chi connectivity index (χ2n) is 5.55. The topological polar surface area (TPSA) is 92.9 Å². The third-order valence-corrected chi connectivity index (χ3v) is 4.91. The van der Waals surface area contributed by atoms with Gasteiger partial charge in [0.1, 0.15) is 28.2 Å². The molecule has 0 bridgehead atoms. The smallest absolute Gasteiger partial charge is 0.260 e. The normalized spacial score (nSPS) is 10.6. The van der Waals surface area contributed by atoms with Gasteiger partial charge in [0.15, 0.2) is 0 Å². The van der Waals surface area contributed by atoms with Crippen LogP contribution in [0.4, 0.5) is 22.2 Å². The van der Waals surface area contributed by atoms with Crippen molar-refractivity contribution in [3.05, 3.63) is 72.6 Å². The molecule has 4 aromatic rings. The highest BCUT2D eigenvalue weighted by atomic mass is 32.1. The molecule has 0 saturated heterocycles. The molecule has 0 saturated carbocycles. The summed E-state index contributed by atoms with van der Waals surface area (Å²) in [4.78, 5) is 21.3. The van der Waals surface area contributed by atoms with Gasteiger partial charge in [-0.1, -0.05) is 36.4 Å². The maximum Gasteiger partial charge on any atom is 0.260 e. The van der Waals surface area contributed by atoms with Crippen molar-refractivity contribution < 1.29 is 4.79 Å². The number of nitrogens with one attached hydrogen (secondary N) is 2. The molecule has 0 spiro atoms. The largest absolute Gasteiger partial charge is 0.382 e. The Morgan fingerprint density at radius 2 is 1.58 bits per heavy atom. The number of anilines is 4. The highest BCUT2D eigenvalue weighted by molar-refractivity contribution is 7.24. The van der Waals surface area contributed by atoms with Gasteiger partial charge in [-0.25, -0.2) is 9.97 Å². The summed E-state index contributed by atoms with van der Waals surface area (Å²) in [5.41, 5.74) is 8.56. The summed E-state index contributed by atoms with van der Waals surface area (Å²) in [5.74, 6) is 0.105. The van der Waals surface area contributed by atoms with E-state index >= 15 is 0 Å². The molecular weight excluding hydrogens is 346 g/mol. The molecule has 0 aliphatic heterocycles. The Hall–Kier alpha value is -3.45. The number of aromatic nitrogens is 2. The number of rotatable bonds is 4. The predicted octanol–water partition coefficient (Wildman–Crippen LogP) is 4.27. The van der Waals surface area contributed by atoms with Gasteiger partial charge in [0.25, 0.3) is 5.91 Å². The van der Waals surface area contributed by atoms with Crippen LogP contribution in [0.1, 0.15) is 10.4 Å². The number of carbonyl (C=O) groups is 1. The Labute approximate surface area is 153 Å². The fraction of sp³-hybridized carbons (Fsp3) is 0. The molecule has 6 nitrogen and oxygen atoms in total. The van der Waals surface area contributed by atoms with Crippen molar-refractivity contribution in [2.45, 2.75) is 0 Å². The fourth-order valence-electron chi connectivity index (χ4n) is 2.59. The number of hydrogen-bond donors (Lipinski definition) is 3. The molecule has 0 aliphatic rings. The standard InChI is InChI=1S/C19H15N5OS/c20-17-16-15(21-11-22-17)14(18(25)23-12-7-3-1-4-8-12)19(26-16)24-13-9-5-2-6-10-13/h1-11,24H,(H,23,25)(H2,20,21,22). The number of thiophene rings is 1. The average Bonchev–Trinajstić information content (AvgIpc) is 3.03. The highest BCUT2D eigenvalue weighted by Crippen LogP contribution is 2.38. The minimum atomic E-state index is -0.251. The third-order valence-electron chi connectivity index (χ3n) is 3.79. The predicted molar refractivity (Wildman–Crippen MR) is 106 cm³/mol. The molecule has 2 heterocycles. The zero-order valence-electron chi connectivity index (χ0n) is 13.6. The van der Waals surface area contributed by atoms with E-state index in [1.165, 1.54) is 17.7 Å². The second kappa shape index (κ2) is 6.81. The van der Waals surface area contributed by atoms with Crippen LogP contribution in [0.25, 0.3) is 10.2 Å². The molecule has 0 atom stereocenters. The van der Waals surface area contributed by atoms with E-state index in [0.29, 0.717) is 32.3 Å². The summed E-state index contributed by atoms with van der Waals surface area (Å²) in [5, 5.41) is 6.87. The number of nitrogens with zero attached hydrogens (tertiary/aromatic N) is 2. The lowest BCUT2D eigenvalue weighted by Gasteiger charge is -2.08. The molecule has 4 N–H and O–H groups in total. The Morgan fingerprint density at radius 1 is 0.923 bits per heavy atom. The van der Waals surface area contributed by atoms with Crippen LogP contribution in [0, 0.1) is 0 Å². The fourth-order valence-corrected chi connectivity index (χ4v) is 3.67. The first-order chi connectivity index (χ1) is 12.7. The van der Waals surface area contributed by atoms with Gasteiger partial charge in [-0.3, -0.25) is 4.79 Å². The van der Waals surface area contributed by atoms with Crippen molar-refractivity contribution in [2.24, 2.45) is 0 Å². The first-order valence-electron chi connectivity index (χ1n) is 7.94. The Kier molecular flexibility index (Phi) is 4.20. The molecule has 0 unspecified atom stereocenters. The number of hydrogen-bond acceptors (Lipinski definition) is 6. The molecule has 0 aliphatic carbocycles. The maximum absolute atomic E-state index is 13.0. The summed E-state index contributed by atoms with van der Waals surface area (Å²) >= 11 is 1.36. The van der Waals surface area contributed by atoms with Crippen molar-refractivity contribution in [1.29, 1.82) is 0 Å². The van der Waals surface area contributed by atoms with Crippen molar-refractivity contribution in [3.63, 3.8) is 0 Å². The third kappa shape index (κ3) is 3.07. The zero-order valence-corrected chi connectivity index (χ0v) is 14.5. The Bertz CT molecular complexity index is 1060. The average molecular weight is 361 g/mol. The molecule has 2 aromatic heterocycles. The van der Waals surface area contributed by atoms with Crippen molar-refractivity contribution in [2.75, 3.05) is 16.4 Å². The number of para-hydroxylation sites is 2. The van der Waals surface area contributed by atoms with E-state index in [2.05, 4.69) is 20.6 Å². The monoisotopic (exact) mass is 361 g/mol. The summed E-state index contributed by atoms with van der Waals surface area (Å²) < 4.78 is 0.684. The van der Waals surface area contributed by atoms with Crippen LogP contribution in [0.3, 0.4) is 0 Å². The van der Waals surface area contributed by atoms with Crippen molar-refractivity contribution >= 4 is 49.7 Å². The Balaban J connectivity index is 1.79. The highest BCUT2D eigenvalue weighted by Gasteiger charge is 2.22. The molecular formula is C19H15N5OS. The molecule has 7 heteroatoms. The van der Waals surface area contributed by atoms with Gasteiger partial charge in [-0.05, 0) is 24.3 Å². The molecule has 26 heavy (non-hydrogen) atoms. The van der Waals surface area contributed by atoms with E-state index in [4.69, 9.17) is 5.73 Å². The first kappa shape index (κ1) is 16.0. The molecule has 0 fully saturated rings. The first-order valence-corrected chi connectivity index (χ1v) is 8.75. The van der Waals surface area contributed by atoms with Crippen molar-refractivity contribution in [3.8, 4) is 0 Å². The Morgan fingerprint density at radius 3 is 2.27 bits per heavy atom. The lowest BCUT2D eigenvalue weighted by molar-refractivity contribution is 0.102. The van der Waals surface area contributed by atoms with Crippen LogP contribution < -0.4 is 16.4 Å². The number of fused-ring (bicyclic) bond motifs is 1. The number of amides is 1. The zero-order chi connectivity index (χ0) is 17.9. The molecule has 4 rings (SSSR count). The van der Waals surface area contributed by atoms with Gasteiger partial charge in [-0.15, -0.1) is 11.3 Å². The van der Waals surface area contributed by atoms with Crippen LogP contribution in [-0.4, -0.2) is 15.9 Å². The van der Waals surface area contributed by atoms with Gasteiger partial charge >= 0.3 is 0 Å². The van der Waals surface area contributed by atoms with Gasteiger partial charge in [0.2, 0.25) is 0 Å². The van der Waals surface area contributed by atoms with Crippen LogP contribution in [-0.2, 0) is 0 Å². The number of nitrogen functional groups attached to an aromatic ring is 1. The lowest BCUT2D eigenvalue weighted by atomic mass is 10.2. The van der Waals surface area contributed by atoms with Gasteiger partial charge in [-0.2, -0.15) is 0 Å². The van der Waals surface area contributed by atoms with E-state index in [0.717, 1.165) is 5.69 Å². The van der Waals surface area contributed by atoms with E-state index in [-0.39, 0.29) is 5.91 Å². The molecule has 128 valence electrons. The maximum atomic E-state index is 13.0. The summed E-state index contributed by atoms with van der Waals surface area (Å²) in [6.07, 6.45) is 1.37. The number of benzene rings is 2. The minimum absolute atomic E-state index is 0.251. The summed E-state index contributed by atoms with van der Waals surface area (Å²) in [6.45, 7) is 0. The van der Waals surface area contributed by atoms with Gasteiger partial charge in [0.05, 0.1) is 4.70 Å². The molecule has 1 amide bonds. The van der Waals surface area contributed by atoms with E-state index in [9.17, 15) is 4.79 Å². The summed E-state index contributed by atoms with van der Waals surface area (Å²) in [7, 11) is 0. The van der Waals surface area contributed by atoms with E-state index in [1.54, 1.807) is 0 Å². The van der Waals surface area contributed by atoms with Crippen LogP contribution >= 0.6 is 11.3 Å². The van der Waals surface area contributed by atoms with Crippen LogP contribution in [0.5, 0.6) is 0 Å². The van der Waals surface area contributed by atoms with E-state index in [1.807, 2.05) is 60.7 Å². The quantitative estimate of drug-likeness (QED) is 0.505. The molecule has 2 aromatic carbocycles. The summed E-state index contributed by atoms with van der Waals surface area (Å²) in [6, 6.07) is 18.9. The molecule has 0 radical (unpaired) electrons. The minimum Gasteiger partial charge on any atom is -0.382 e. The van der Waals surface area contributed by atoms with Gasteiger partial charge < -0.3 is 16.4 Å². The lowest BCUT2D eigenvalue weighted by Crippen LogP contribution is -2.13.